The molecular weight excluding hydrogens is 104 g/mol. The molecule has 1 atom stereocenters. The highest BCUT2D eigenvalue weighted by atomic mass is 16.3. The number of hydrogen-bond acceptors (Lipinski definition) is 2. The second-order valence-corrected chi connectivity index (χ2v) is 2.17. The van der Waals surface area contributed by atoms with Gasteiger partial charge in [0.05, 0.1) is 5.60 Å². The second kappa shape index (κ2) is 2.82. The second-order valence-electron chi connectivity index (χ2n) is 2.17. The van der Waals surface area contributed by atoms with Crippen LogP contribution in [0.1, 0.15) is 26.7 Å². The lowest BCUT2D eigenvalue weighted by Crippen LogP contribution is -2.22. The summed E-state index contributed by atoms with van der Waals surface area (Å²) >= 11 is 0. The summed E-state index contributed by atoms with van der Waals surface area (Å²) in [5.74, 6) is 0. The molecule has 1 unspecified atom stereocenters. The van der Waals surface area contributed by atoms with Crippen molar-refractivity contribution in [1.82, 2.24) is 0 Å². The Labute approximate surface area is 49.5 Å². The molecule has 0 saturated carbocycles. The summed E-state index contributed by atoms with van der Waals surface area (Å²) < 4.78 is 0. The van der Waals surface area contributed by atoms with E-state index in [1.165, 1.54) is 0 Å². The average Bonchev–Trinajstić information content (AvgIpc) is 1.67. The zero-order valence-corrected chi connectivity index (χ0v) is 5.27. The third kappa shape index (κ3) is 2.75. The smallest absolute Gasteiger partial charge is 0.201 e. The molecule has 0 aliphatic rings. The fraction of sp³-hybridized carbons (Fsp3) is 0.833. The highest BCUT2D eigenvalue weighted by molar-refractivity contribution is 5.52. The molecule has 8 heavy (non-hydrogen) atoms. The first-order valence-electron chi connectivity index (χ1n) is 2.70. The molecule has 0 aromatic rings. The fourth-order valence-corrected chi connectivity index (χ4v) is 0.280. The van der Waals surface area contributed by atoms with E-state index in [2.05, 4.69) is 0 Å². The molecule has 1 radical (unpaired) electrons. The van der Waals surface area contributed by atoms with Crippen LogP contribution < -0.4 is 0 Å². The van der Waals surface area contributed by atoms with Gasteiger partial charge in [0.25, 0.3) is 0 Å². The Morgan fingerprint density at radius 3 is 2.38 bits per heavy atom. The van der Waals surface area contributed by atoms with E-state index in [0.717, 1.165) is 0 Å². The van der Waals surface area contributed by atoms with Crippen molar-refractivity contribution in [3.8, 4) is 0 Å². The van der Waals surface area contributed by atoms with Gasteiger partial charge in [-0.3, -0.25) is 4.79 Å². The molecule has 1 N–H and O–H groups in total. The lowest BCUT2D eigenvalue weighted by molar-refractivity contribution is 0.0632. The molecule has 0 heterocycles. The zero-order valence-electron chi connectivity index (χ0n) is 5.27. The Morgan fingerprint density at radius 2 is 2.25 bits per heavy atom. The van der Waals surface area contributed by atoms with Crippen molar-refractivity contribution in [2.45, 2.75) is 32.3 Å². The van der Waals surface area contributed by atoms with Gasteiger partial charge in [0.2, 0.25) is 6.29 Å². The molecule has 0 aliphatic carbocycles. The number of hydrogen-bond donors (Lipinski definition) is 1. The summed E-state index contributed by atoms with van der Waals surface area (Å²) in [6.07, 6.45) is 2.37. The SMILES string of the molecule is CCC(C)(O)C[C]=O. The first kappa shape index (κ1) is 7.63. The van der Waals surface area contributed by atoms with Gasteiger partial charge in [-0.25, -0.2) is 0 Å². The molecule has 0 amide bonds. The molecular formula is C6H11O2. The van der Waals surface area contributed by atoms with Crippen LogP contribution in [0.5, 0.6) is 0 Å². The number of rotatable bonds is 3. The molecule has 0 aromatic carbocycles. The predicted octanol–water partition coefficient (Wildman–Crippen LogP) is 0.647. The van der Waals surface area contributed by atoms with Crippen LogP contribution in [0.25, 0.3) is 0 Å². The molecule has 0 aromatic heterocycles. The van der Waals surface area contributed by atoms with Gasteiger partial charge in [-0.1, -0.05) is 6.92 Å². The summed E-state index contributed by atoms with van der Waals surface area (Å²) in [5.41, 5.74) is -0.832. The van der Waals surface area contributed by atoms with Gasteiger partial charge in [-0.15, -0.1) is 0 Å². The first-order chi connectivity index (χ1) is 3.62. The molecule has 0 spiro atoms. The quantitative estimate of drug-likeness (QED) is 0.586. The maximum atomic E-state index is 9.69. The maximum absolute atomic E-state index is 9.69. The van der Waals surface area contributed by atoms with Gasteiger partial charge in [0, 0.05) is 6.42 Å². The van der Waals surface area contributed by atoms with Crippen LogP contribution in [0.15, 0.2) is 0 Å². The lowest BCUT2D eigenvalue weighted by atomic mass is 10.0. The Morgan fingerprint density at radius 1 is 1.75 bits per heavy atom. The monoisotopic (exact) mass is 115 g/mol. The number of aliphatic hydroxyl groups is 1. The zero-order chi connectivity index (χ0) is 6.62. The van der Waals surface area contributed by atoms with E-state index in [1.807, 2.05) is 6.92 Å². The summed E-state index contributed by atoms with van der Waals surface area (Å²) in [4.78, 5) is 9.69. The predicted molar refractivity (Wildman–Crippen MR) is 31.2 cm³/mol. The van der Waals surface area contributed by atoms with E-state index in [9.17, 15) is 4.79 Å². The van der Waals surface area contributed by atoms with Crippen molar-refractivity contribution < 1.29 is 9.90 Å². The largest absolute Gasteiger partial charge is 0.390 e. The van der Waals surface area contributed by atoms with Gasteiger partial charge < -0.3 is 5.11 Å². The third-order valence-electron chi connectivity index (χ3n) is 1.21. The van der Waals surface area contributed by atoms with Gasteiger partial charge in [-0.2, -0.15) is 0 Å². The summed E-state index contributed by atoms with van der Waals surface area (Å²) in [5, 5.41) is 9.06. The van der Waals surface area contributed by atoms with E-state index in [0.29, 0.717) is 6.42 Å². The van der Waals surface area contributed by atoms with Crippen molar-refractivity contribution in [1.29, 1.82) is 0 Å². The van der Waals surface area contributed by atoms with Gasteiger partial charge in [-0.05, 0) is 13.3 Å². The van der Waals surface area contributed by atoms with E-state index in [-0.39, 0.29) is 6.42 Å². The van der Waals surface area contributed by atoms with Crippen molar-refractivity contribution in [3.05, 3.63) is 0 Å². The average molecular weight is 115 g/mol. The third-order valence-corrected chi connectivity index (χ3v) is 1.21. The Bertz CT molecular complexity index is 76.6. The van der Waals surface area contributed by atoms with Crippen molar-refractivity contribution in [2.24, 2.45) is 0 Å². The normalized spacial score (nSPS) is 17.4. The van der Waals surface area contributed by atoms with E-state index in [1.54, 1.807) is 13.2 Å². The topological polar surface area (TPSA) is 37.3 Å². The minimum absolute atomic E-state index is 0.115. The Kier molecular flexibility index (Phi) is 2.69. The molecule has 0 aliphatic heterocycles. The molecule has 0 bridgehead atoms. The molecule has 0 rings (SSSR count). The van der Waals surface area contributed by atoms with Crippen molar-refractivity contribution in [3.63, 3.8) is 0 Å². The van der Waals surface area contributed by atoms with Gasteiger partial charge in [0.15, 0.2) is 0 Å². The van der Waals surface area contributed by atoms with E-state index < -0.39 is 5.60 Å². The maximum Gasteiger partial charge on any atom is 0.201 e. The van der Waals surface area contributed by atoms with Crippen LogP contribution in [0.3, 0.4) is 0 Å². The van der Waals surface area contributed by atoms with E-state index in [4.69, 9.17) is 5.11 Å². The molecule has 2 heteroatoms. The Balaban J connectivity index is 3.53. The number of carbonyl (C=O) groups excluding carboxylic acids is 1. The molecule has 2 nitrogen and oxygen atoms in total. The standard InChI is InChI=1S/C6H11O2/c1-3-6(2,8)4-5-7/h8H,3-4H2,1-2H3. The summed E-state index contributed by atoms with van der Waals surface area (Å²) in [6, 6.07) is 0. The molecule has 0 fully saturated rings. The first-order valence-corrected chi connectivity index (χ1v) is 2.70. The molecule has 0 saturated heterocycles. The minimum Gasteiger partial charge on any atom is -0.390 e. The van der Waals surface area contributed by atoms with E-state index >= 15 is 0 Å². The van der Waals surface area contributed by atoms with Crippen molar-refractivity contribution in [2.75, 3.05) is 0 Å². The van der Waals surface area contributed by atoms with Gasteiger partial charge in [0.1, 0.15) is 0 Å². The van der Waals surface area contributed by atoms with Gasteiger partial charge >= 0.3 is 0 Å². The van der Waals surface area contributed by atoms with Crippen molar-refractivity contribution >= 4 is 6.29 Å². The lowest BCUT2D eigenvalue weighted by Gasteiger charge is -2.15. The fourth-order valence-electron chi connectivity index (χ4n) is 0.280. The Hall–Kier alpha value is -0.370. The summed E-state index contributed by atoms with van der Waals surface area (Å²) in [6.45, 7) is 3.45. The highest BCUT2D eigenvalue weighted by Crippen LogP contribution is 2.10. The van der Waals surface area contributed by atoms with Crippen LogP contribution in [0, 0.1) is 0 Å². The van der Waals surface area contributed by atoms with Crippen LogP contribution in [-0.4, -0.2) is 17.0 Å². The molecule has 47 valence electrons. The minimum atomic E-state index is -0.832. The summed E-state index contributed by atoms with van der Waals surface area (Å²) in [7, 11) is 0. The van der Waals surface area contributed by atoms with Crippen LogP contribution in [0.4, 0.5) is 0 Å². The van der Waals surface area contributed by atoms with Crippen LogP contribution in [-0.2, 0) is 4.79 Å². The van der Waals surface area contributed by atoms with Crippen LogP contribution in [0.2, 0.25) is 0 Å². The van der Waals surface area contributed by atoms with Crippen LogP contribution >= 0.6 is 0 Å². The highest BCUT2D eigenvalue weighted by Gasteiger charge is 2.15.